The van der Waals surface area contributed by atoms with Gasteiger partial charge in [-0.1, -0.05) is 11.3 Å². The van der Waals surface area contributed by atoms with Gasteiger partial charge in [0.1, 0.15) is 11.4 Å². The van der Waals surface area contributed by atoms with Gasteiger partial charge in [-0.3, -0.25) is 9.48 Å². The minimum Gasteiger partial charge on any atom is -0.494 e. The number of aryl methyl sites for hydroxylation is 3. The molecule has 0 aliphatic rings. The van der Waals surface area contributed by atoms with Crippen LogP contribution in [0.3, 0.4) is 0 Å². The second-order valence-electron chi connectivity index (χ2n) is 5.60. The average molecular weight is 358 g/mol. The van der Waals surface area contributed by atoms with Crippen LogP contribution in [0.1, 0.15) is 37.0 Å². The Balaban J connectivity index is 2.10. The number of fused-ring (bicyclic) bond motifs is 1. The Morgan fingerprint density at radius 2 is 2.04 bits per heavy atom. The van der Waals surface area contributed by atoms with Crippen molar-refractivity contribution in [2.75, 3.05) is 6.61 Å². The number of nitrogens with zero attached hydrogens (tertiary/aromatic N) is 4. The number of hydrogen-bond donors (Lipinski definition) is 0. The molecule has 0 unspecified atom stereocenters. The lowest BCUT2D eigenvalue weighted by atomic mass is 10.3. The number of hydrogen-bond acceptors (Lipinski definition) is 4. The zero-order chi connectivity index (χ0) is 18.0. The fourth-order valence-corrected chi connectivity index (χ4v) is 3.92. The third-order valence-electron chi connectivity index (χ3n) is 3.90. The molecule has 0 aliphatic carbocycles. The first-order chi connectivity index (χ1) is 12.1. The van der Waals surface area contributed by atoms with Crippen molar-refractivity contribution < 1.29 is 9.53 Å². The van der Waals surface area contributed by atoms with Gasteiger partial charge in [-0.15, -0.1) is 0 Å². The van der Waals surface area contributed by atoms with E-state index in [0.29, 0.717) is 23.6 Å². The predicted octanol–water partition coefficient (Wildman–Crippen LogP) is 3.39. The van der Waals surface area contributed by atoms with E-state index in [1.54, 1.807) is 10.7 Å². The molecule has 0 atom stereocenters. The van der Waals surface area contributed by atoms with E-state index >= 15 is 0 Å². The van der Waals surface area contributed by atoms with Gasteiger partial charge in [0.2, 0.25) is 0 Å². The molecule has 0 saturated carbocycles. The highest BCUT2D eigenvalue weighted by molar-refractivity contribution is 7.16. The van der Waals surface area contributed by atoms with Gasteiger partial charge in [0.25, 0.3) is 5.91 Å². The summed E-state index contributed by atoms with van der Waals surface area (Å²) in [7, 11) is 0. The molecule has 2 heterocycles. The fourth-order valence-electron chi connectivity index (χ4n) is 2.80. The van der Waals surface area contributed by atoms with Crippen molar-refractivity contribution in [2.45, 2.75) is 40.8 Å². The molecule has 1 aromatic carbocycles. The van der Waals surface area contributed by atoms with Gasteiger partial charge in [-0.25, -0.2) is 0 Å². The largest absolute Gasteiger partial charge is 0.494 e. The fraction of sp³-hybridized carbons (Fsp3) is 0.389. The first kappa shape index (κ1) is 17.4. The summed E-state index contributed by atoms with van der Waals surface area (Å²) in [6.45, 7) is 9.86. The van der Waals surface area contributed by atoms with E-state index in [1.807, 2.05) is 50.5 Å². The van der Waals surface area contributed by atoms with Crippen molar-refractivity contribution >= 4 is 27.5 Å². The monoisotopic (exact) mass is 358 g/mol. The number of aromatic nitrogens is 3. The highest BCUT2D eigenvalue weighted by atomic mass is 32.1. The second kappa shape index (κ2) is 7.23. The molecule has 132 valence electrons. The number of thiazole rings is 1. The van der Waals surface area contributed by atoms with Crippen LogP contribution in [0, 0.1) is 6.92 Å². The van der Waals surface area contributed by atoms with Crippen molar-refractivity contribution in [3.63, 3.8) is 0 Å². The molecule has 3 rings (SSSR count). The van der Waals surface area contributed by atoms with Crippen LogP contribution in [0.2, 0.25) is 0 Å². The van der Waals surface area contributed by atoms with Crippen LogP contribution in [0.25, 0.3) is 10.2 Å². The highest BCUT2D eigenvalue weighted by Gasteiger charge is 2.14. The van der Waals surface area contributed by atoms with Gasteiger partial charge >= 0.3 is 0 Å². The Kier molecular flexibility index (Phi) is 5.03. The summed E-state index contributed by atoms with van der Waals surface area (Å²) < 4.78 is 10.4. The predicted molar refractivity (Wildman–Crippen MR) is 99.2 cm³/mol. The second-order valence-corrected chi connectivity index (χ2v) is 6.60. The molecule has 2 aromatic heterocycles. The molecule has 0 saturated heterocycles. The molecular formula is C18H22N4O2S. The third kappa shape index (κ3) is 3.37. The van der Waals surface area contributed by atoms with Crippen molar-refractivity contribution in [1.82, 2.24) is 14.3 Å². The molecule has 0 fully saturated rings. The smallest absolute Gasteiger partial charge is 0.297 e. The summed E-state index contributed by atoms with van der Waals surface area (Å²) in [6.07, 6.45) is 0. The molecular weight excluding hydrogens is 336 g/mol. The van der Waals surface area contributed by atoms with E-state index in [9.17, 15) is 4.79 Å². The van der Waals surface area contributed by atoms with Crippen molar-refractivity contribution in [3.8, 4) is 5.75 Å². The number of benzene rings is 1. The molecule has 0 aliphatic heterocycles. The zero-order valence-corrected chi connectivity index (χ0v) is 15.8. The van der Waals surface area contributed by atoms with Crippen LogP contribution in [-0.4, -0.2) is 26.9 Å². The number of carbonyl (C=O) groups is 1. The first-order valence-electron chi connectivity index (χ1n) is 8.47. The Labute approximate surface area is 150 Å². The zero-order valence-electron chi connectivity index (χ0n) is 14.9. The van der Waals surface area contributed by atoms with Gasteiger partial charge < -0.3 is 9.30 Å². The Morgan fingerprint density at radius 3 is 2.72 bits per heavy atom. The van der Waals surface area contributed by atoms with E-state index in [2.05, 4.69) is 10.1 Å². The lowest BCUT2D eigenvalue weighted by Gasteiger charge is -2.04. The number of carbonyl (C=O) groups excluding carboxylic acids is 1. The maximum atomic E-state index is 12.7. The number of ether oxygens (including phenoxy) is 1. The van der Waals surface area contributed by atoms with Gasteiger partial charge in [0.05, 0.1) is 22.5 Å². The maximum absolute atomic E-state index is 12.7. The lowest BCUT2D eigenvalue weighted by Crippen LogP contribution is -2.17. The van der Waals surface area contributed by atoms with E-state index in [1.165, 1.54) is 11.3 Å². The minimum absolute atomic E-state index is 0.263. The van der Waals surface area contributed by atoms with E-state index in [0.717, 1.165) is 28.2 Å². The Bertz CT molecular complexity index is 981. The summed E-state index contributed by atoms with van der Waals surface area (Å²) in [5.41, 5.74) is 2.40. The molecule has 0 N–H and O–H groups in total. The standard InChI is InChI=1S/C18H22N4O2S/c1-5-21-14-9-8-13(24-7-3)11-16(14)25-18(21)19-17(23)15-10-12(4)20-22(15)6-2/h8-11H,5-7H2,1-4H3. The molecule has 0 spiro atoms. The van der Waals surface area contributed by atoms with Gasteiger partial charge in [-0.05, 0) is 52.0 Å². The average Bonchev–Trinajstić information content (AvgIpc) is 3.14. The lowest BCUT2D eigenvalue weighted by molar-refractivity contribution is 0.0987. The normalized spacial score (nSPS) is 12.1. The van der Waals surface area contributed by atoms with Crippen LogP contribution in [0.4, 0.5) is 0 Å². The van der Waals surface area contributed by atoms with Gasteiger partial charge in [-0.2, -0.15) is 10.1 Å². The topological polar surface area (TPSA) is 61.4 Å². The molecule has 0 radical (unpaired) electrons. The summed E-state index contributed by atoms with van der Waals surface area (Å²) in [5.74, 6) is 0.568. The maximum Gasteiger partial charge on any atom is 0.297 e. The van der Waals surface area contributed by atoms with Crippen LogP contribution in [0.5, 0.6) is 5.75 Å². The highest BCUT2D eigenvalue weighted by Crippen LogP contribution is 2.23. The Morgan fingerprint density at radius 1 is 1.24 bits per heavy atom. The molecule has 25 heavy (non-hydrogen) atoms. The first-order valence-corrected chi connectivity index (χ1v) is 9.28. The quantitative estimate of drug-likeness (QED) is 0.702. The van der Waals surface area contributed by atoms with Crippen LogP contribution in [0.15, 0.2) is 29.3 Å². The summed E-state index contributed by atoms with van der Waals surface area (Å²) in [5, 5.41) is 4.33. The van der Waals surface area contributed by atoms with E-state index < -0.39 is 0 Å². The molecule has 7 heteroatoms. The minimum atomic E-state index is -0.263. The summed E-state index contributed by atoms with van der Waals surface area (Å²) in [6, 6.07) is 7.75. The van der Waals surface area contributed by atoms with E-state index in [-0.39, 0.29) is 5.91 Å². The van der Waals surface area contributed by atoms with Crippen LogP contribution >= 0.6 is 11.3 Å². The summed E-state index contributed by atoms with van der Waals surface area (Å²) >= 11 is 1.50. The van der Waals surface area contributed by atoms with Crippen molar-refractivity contribution in [1.29, 1.82) is 0 Å². The van der Waals surface area contributed by atoms with Crippen molar-refractivity contribution in [2.24, 2.45) is 4.99 Å². The number of amides is 1. The molecule has 0 bridgehead atoms. The molecule has 1 amide bonds. The molecule has 6 nitrogen and oxygen atoms in total. The van der Waals surface area contributed by atoms with E-state index in [4.69, 9.17) is 4.74 Å². The van der Waals surface area contributed by atoms with Crippen molar-refractivity contribution in [3.05, 3.63) is 40.5 Å². The molecule has 3 aromatic rings. The SMILES string of the molecule is CCOc1ccc2c(c1)sc(=NC(=O)c1cc(C)nn1CC)n2CC. The van der Waals surface area contributed by atoms with Crippen LogP contribution in [-0.2, 0) is 13.1 Å². The number of rotatable bonds is 5. The van der Waals surface area contributed by atoms with Crippen LogP contribution < -0.4 is 9.54 Å². The van der Waals surface area contributed by atoms with Gasteiger partial charge in [0.15, 0.2) is 4.80 Å². The summed E-state index contributed by atoms with van der Waals surface area (Å²) in [4.78, 5) is 17.7. The third-order valence-corrected chi connectivity index (χ3v) is 4.94. The Hall–Kier alpha value is -2.41. The van der Waals surface area contributed by atoms with Gasteiger partial charge in [0, 0.05) is 13.1 Å².